The number of aliphatic hydroxyl groups is 1. The molecule has 0 radical (unpaired) electrons. The lowest BCUT2D eigenvalue weighted by Gasteiger charge is -2.61. The van der Waals surface area contributed by atoms with Crippen LogP contribution < -0.4 is 4.74 Å². The van der Waals surface area contributed by atoms with E-state index >= 15 is 0 Å². The minimum absolute atomic E-state index is 0.268. The van der Waals surface area contributed by atoms with E-state index in [1.54, 1.807) is 13.3 Å². The number of piperidine rings is 3. The Morgan fingerprint density at radius 2 is 2.28 bits per heavy atom. The van der Waals surface area contributed by atoms with Gasteiger partial charge in [0.05, 0.1) is 25.7 Å². The molecule has 132 valence electrons. The van der Waals surface area contributed by atoms with Crippen molar-refractivity contribution in [2.24, 2.45) is 11.8 Å². The fraction of sp³-hybridized carbons (Fsp3) is 0.450. The van der Waals surface area contributed by atoms with Crippen molar-refractivity contribution >= 4 is 10.9 Å². The van der Waals surface area contributed by atoms with Crippen LogP contribution in [0.2, 0.25) is 0 Å². The first kappa shape index (κ1) is 16.5. The lowest BCUT2D eigenvalue weighted by Crippen LogP contribution is -2.64. The molecule has 25 heavy (non-hydrogen) atoms. The summed E-state index contributed by atoms with van der Waals surface area (Å²) in [5.41, 5.74) is 1.57. The summed E-state index contributed by atoms with van der Waals surface area (Å²) in [4.78, 5) is 4.37. The Hall–Kier alpha value is -1.95. The molecular weight excluding hydrogens is 316 g/mol. The standard InChI is InChI=1S/C20H24N2O3/c1-3-13-12-22(24)9-7-14(13)10-19(22)20(23)16-6-8-21-18-5-4-15(25-2)11-17(16)18/h3-6,8,11,13-14,19-20,23H,1,7,9-10,12H2,2H3/t13-,14-,19+,20-,22?/m1/s1. The molecule has 5 rings (SSSR count). The highest BCUT2D eigenvalue weighted by Crippen LogP contribution is 2.46. The monoisotopic (exact) mass is 340 g/mol. The highest BCUT2D eigenvalue weighted by molar-refractivity contribution is 5.83. The summed E-state index contributed by atoms with van der Waals surface area (Å²) in [6, 6.07) is 7.12. The van der Waals surface area contributed by atoms with Gasteiger partial charge in [-0.05, 0) is 35.7 Å². The van der Waals surface area contributed by atoms with Crippen LogP contribution in [0.15, 0.2) is 43.1 Å². The zero-order valence-electron chi connectivity index (χ0n) is 14.5. The first-order valence-electron chi connectivity index (χ1n) is 8.87. The van der Waals surface area contributed by atoms with Gasteiger partial charge < -0.3 is 19.7 Å². The number of pyridine rings is 1. The predicted octanol–water partition coefficient (Wildman–Crippen LogP) is 3.19. The van der Waals surface area contributed by atoms with Gasteiger partial charge >= 0.3 is 0 Å². The number of hydroxylamine groups is 3. The molecule has 0 spiro atoms. The molecule has 3 fully saturated rings. The molecule has 5 heteroatoms. The van der Waals surface area contributed by atoms with Gasteiger partial charge in [0.2, 0.25) is 0 Å². The second-order valence-corrected chi connectivity index (χ2v) is 7.34. The Bertz CT molecular complexity index is 809. The zero-order valence-corrected chi connectivity index (χ0v) is 14.5. The first-order valence-corrected chi connectivity index (χ1v) is 8.87. The first-order chi connectivity index (χ1) is 12.1. The number of quaternary nitrogens is 1. The maximum atomic E-state index is 13.4. The second kappa shape index (κ2) is 6.09. The molecule has 1 unspecified atom stereocenters. The molecule has 0 aliphatic carbocycles. The van der Waals surface area contributed by atoms with E-state index in [9.17, 15) is 10.3 Å². The number of ether oxygens (including phenoxy) is 1. The maximum Gasteiger partial charge on any atom is 0.132 e. The Morgan fingerprint density at radius 3 is 3.00 bits per heavy atom. The number of methoxy groups -OCH3 is 1. The highest BCUT2D eigenvalue weighted by Gasteiger charge is 2.49. The van der Waals surface area contributed by atoms with Crippen molar-refractivity contribution in [3.8, 4) is 5.75 Å². The fourth-order valence-corrected chi connectivity index (χ4v) is 4.68. The van der Waals surface area contributed by atoms with Gasteiger partial charge in [0.1, 0.15) is 17.9 Å². The van der Waals surface area contributed by atoms with Crippen molar-refractivity contribution in [1.82, 2.24) is 4.98 Å². The Morgan fingerprint density at radius 1 is 1.44 bits per heavy atom. The number of aliphatic hydroxyl groups excluding tert-OH is 1. The summed E-state index contributed by atoms with van der Waals surface area (Å²) in [6.07, 6.45) is 4.49. The topological polar surface area (TPSA) is 65.4 Å². The quantitative estimate of drug-likeness (QED) is 0.527. The molecule has 2 aromatic rings. The van der Waals surface area contributed by atoms with Crippen molar-refractivity contribution in [2.45, 2.75) is 25.0 Å². The van der Waals surface area contributed by atoms with Gasteiger partial charge in [-0.2, -0.15) is 0 Å². The molecule has 1 N–H and O–H groups in total. The van der Waals surface area contributed by atoms with E-state index in [-0.39, 0.29) is 16.6 Å². The molecule has 1 aromatic heterocycles. The molecule has 5 atom stereocenters. The van der Waals surface area contributed by atoms with Crippen molar-refractivity contribution < 1.29 is 14.5 Å². The largest absolute Gasteiger partial charge is 0.632 e. The average Bonchev–Trinajstić information content (AvgIpc) is 2.66. The Kier molecular flexibility index (Phi) is 4.02. The number of hydrogen-bond acceptors (Lipinski definition) is 4. The summed E-state index contributed by atoms with van der Waals surface area (Å²) in [5, 5.41) is 25.4. The van der Waals surface area contributed by atoms with Crippen molar-refractivity contribution in [3.63, 3.8) is 0 Å². The highest BCUT2D eigenvalue weighted by atomic mass is 16.6. The van der Waals surface area contributed by atoms with E-state index in [4.69, 9.17) is 4.74 Å². The van der Waals surface area contributed by atoms with Gasteiger partial charge in [-0.15, -0.1) is 6.58 Å². The van der Waals surface area contributed by atoms with E-state index in [0.29, 0.717) is 19.0 Å². The summed E-state index contributed by atoms with van der Waals surface area (Å²) in [7, 11) is 1.62. The molecule has 1 aromatic carbocycles. The third-order valence-electron chi connectivity index (χ3n) is 6.12. The molecule has 3 saturated heterocycles. The second-order valence-electron chi connectivity index (χ2n) is 7.34. The van der Waals surface area contributed by atoms with Crippen LogP contribution in [-0.2, 0) is 0 Å². The van der Waals surface area contributed by atoms with E-state index < -0.39 is 6.10 Å². The van der Waals surface area contributed by atoms with Gasteiger partial charge in [0.15, 0.2) is 0 Å². The number of hydrogen-bond donors (Lipinski definition) is 1. The van der Waals surface area contributed by atoms with E-state index in [1.807, 2.05) is 30.3 Å². The molecule has 3 aliphatic heterocycles. The van der Waals surface area contributed by atoms with Crippen LogP contribution in [0.25, 0.3) is 10.9 Å². The van der Waals surface area contributed by atoms with Crippen molar-refractivity contribution in [2.75, 3.05) is 20.2 Å². The van der Waals surface area contributed by atoms with Crippen molar-refractivity contribution in [1.29, 1.82) is 0 Å². The number of benzene rings is 1. The van der Waals surface area contributed by atoms with Crippen LogP contribution >= 0.6 is 0 Å². The number of fused-ring (bicyclic) bond motifs is 4. The minimum atomic E-state index is -0.802. The third kappa shape index (κ3) is 2.63. The smallest absolute Gasteiger partial charge is 0.132 e. The molecular formula is C20H24N2O3. The summed E-state index contributed by atoms with van der Waals surface area (Å²) in [6.45, 7) is 5.01. The normalized spacial score (nSPS) is 32.5. The van der Waals surface area contributed by atoms with Crippen molar-refractivity contribution in [3.05, 3.63) is 53.9 Å². The molecule has 5 nitrogen and oxygen atoms in total. The van der Waals surface area contributed by atoms with Gasteiger partial charge in [-0.25, -0.2) is 0 Å². The van der Waals surface area contributed by atoms with E-state index in [1.165, 1.54) is 0 Å². The van der Waals surface area contributed by atoms with Crippen LogP contribution in [0.5, 0.6) is 5.75 Å². The fourth-order valence-electron chi connectivity index (χ4n) is 4.68. The summed E-state index contributed by atoms with van der Waals surface area (Å²) < 4.78 is 5.00. The van der Waals surface area contributed by atoms with Gasteiger partial charge in [-0.1, -0.05) is 6.08 Å². The minimum Gasteiger partial charge on any atom is -0.632 e. The maximum absolute atomic E-state index is 13.4. The number of nitrogens with zero attached hydrogens (tertiary/aromatic N) is 2. The third-order valence-corrected chi connectivity index (χ3v) is 6.12. The summed E-state index contributed by atoms with van der Waals surface area (Å²) in [5.74, 6) is 1.44. The van der Waals surface area contributed by atoms with E-state index in [2.05, 4.69) is 11.6 Å². The molecule has 0 saturated carbocycles. The average molecular weight is 340 g/mol. The molecule has 4 heterocycles. The van der Waals surface area contributed by atoms with Gasteiger partial charge in [0.25, 0.3) is 0 Å². The molecule has 0 amide bonds. The zero-order chi connectivity index (χ0) is 17.6. The van der Waals surface area contributed by atoms with Crippen LogP contribution in [0.3, 0.4) is 0 Å². The lowest BCUT2D eigenvalue weighted by molar-refractivity contribution is -0.929. The van der Waals surface area contributed by atoms with Crippen LogP contribution in [0.4, 0.5) is 0 Å². The lowest BCUT2D eigenvalue weighted by atomic mass is 9.73. The van der Waals surface area contributed by atoms with E-state index in [0.717, 1.165) is 35.1 Å². The SMILES string of the molecule is C=C[C@@H]1C[N+]2([O-])CC[C@@H]1C[C@H]2[C@H](O)c1ccnc2ccc(OC)cc12. The van der Waals surface area contributed by atoms with Gasteiger partial charge in [-0.3, -0.25) is 4.98 Å². The number of aromatic nitrogens is 1. The van der Waals surface area contributed by atoms with Crippen LogP contribution in [-0.4, -0.2) is 41.0 Å². The van der Waals surface area contributed by atoms with Crippen LogP contribution in [0.1, 0.15) is 24.5 Å². The molecule has 3 aliphatic rings. The molecule has 2 bridgehead atoms. The number of rotatable bonds is 4. The Labute approximate surface area is 147 Å². The Balaban J connectivity index is 1.73. The van der Waals surface area contributed by atoms with Crippen LogP contribution in [0, 0.1) is 17.0 Å². The summed E-state index contributed by atoms with van der Waals surface area (Å²) >= 11 is 0. The predicted molar refractivity (Wildman–Crippen MR) is 96.8 cm³/mol. The van der Waals surface area contributed by atoms with Gasteiger partial charge in [0, 0.05) is 30.3 Å².